The van der Waals surface area contributed by atoms with Gasteiger partial charge in [0.05, 0.1) is 38.8 Å². The molecule has 12 rings (SSSR count). The molecule has 9 radical (unpaired) electrons. The molecule has 0 saturated heterocycles. The van der Waals surface area contributed by atoms with E-state index in [9.17, 15) is 8.78 Å². The molecule has 0 aliphatic rings. The van der Waals surface area contributed by atoms with E-state index in [1.165, 1.54) is 13.0 Å². The molecule has 19 heteroatoms. The number of fused-ring (bicyclic) bond motifs is 1. The van der Waals surface area contributed by atoms with Gasteiger partial charge < -0.3 is 39.0 Å². The SMILES string of the molecule is Cc1[c-]c(-c2cccc(C)n2)cc(Br)c1.Cc1[c-]c(-c2cccc(C)n2)ccc1.Cc1cccc(-c2[c-]c(C)c(F)c(C#N)c2F)n1.[B]Cc1[c-]c(-c2cccc(C)n2)cc(-c2ccc(OCC(C)CC)c(OCC(C)CC)c2)c1.[B]Oc1[c-]c(-c2nc(C)cc3ccccc23)ccc1.[Ir].[Ir].[Ir].[Ir].[Ir]. The van der Waals surface area contributed by atoms with Gasteiger partial charge in [-0.05, 0) is 134 Å². The van der Waals surface area contributed by atoms with Gasteiger partial charge in [-0.1, -0.05) is 184 Å². The van der Waals surface area contributed by atoms with Crippen molar-refractivity contribution in [2.24, 2.45) is 11.8 Å². The second-order valence-corrected chi connectivity index (χ2v) is 25.2. The number of aromatic nitrogens is 5. The van der Waals surface area contributed by atoms with E-state index >= 15 is 0 Å². The molecule has 9 nitrogen and oxygen atoms in total. The van der Waals surface area contributed by atoms with Crippen LogP contribution in [0.5, 0.6) is 17.2 Å². The van der Waals surface area contributed by atoms with Gasteiger partial charge >= 0.3 is 8.05 Å². The molecule has 2 unspecified atom stereocenters. The van der Waals surface area contributed by atoms with Gasteiger partial charge in [0.2, 0.25) is 0 Å². The predicted molar refractivity (Wildman–Crippen MR) is 401 cm³/mol. The molecule has 0 amide bonds. The molecule has 0 saturated carbocycles. The third kappa shape index (κ3) is 26.9. The number of benzene rings is 7. The normalized spacial score (nSPS) is 10.6. The van der Waals surface area contributed by atoms with E-state index in [2.05, 4.69) is 141 Å². The van der Waals surface area contributed by atoms with Crippen LogP contribution in [0.15, 0.2) is 186 Å². The Bertz CT molecular complexity index is 4720. The first kappa shape index (κ1) is 91.4. The zero-order chi connectivity index (χ0) is 71.1. The Morgan fingerprint density at radius 1 is 0.481 bits per heavy atom. The third-order valence-electron chi connectivity index (χ3n) is 15.8. The van der Waals surface area contributed by atoms with Crippen LogP contribution in [0.3, 0.4) is 0 Å². The van der Waals surface area contributed by atoms with Crippen LogP contribution < -0.4 is 14.1 Å². The Hall–Kier alpha value is -6.84. The van der Waals surface area contributed by atoms with Gasteiger partial charge in [0.25, 0.3) is 0 Å². The van der Waals surface area contributed by atoms with E-state index in [1.54, 1.807) is 31.2 Å². The second kappa shape index (κ2) is 45.6. The number of pyridine rings is 5. The van der Waals surface area contributed by atoms with Crippen LogP contribution in [0.1, 0.15) is 96.8 Å². The van der Waals surface area contributed by atoms with E-state index in [1.807, 2.05) is 157 Å². The maximum absolute atomic E-state index is 14.0. The summed E-state index contributed by atoms with van der Waals surface area (Å²) in [4.78, 5) is 22.4. The van der Waals surface area contributed by atoms with E-state index in [0.717, 1.165) is 135 Å². The fourth-order valence-corrected chi connectivity index (χ4v) is 10.7. The molecule has 0 spiro atoms. The molecule has 5 heterocycles. The third-order valence-corrected chi connectivity index (χ3v) is 16.3. The van der Waals surface area contributed by atoms with Gasteiger partial charge in [-0.15, -0.1) is 129 Å². The van der Waals surface area contributed by atoms with Crippen molar-refractivity contribution in [2.45, 2.75) is 102 Å². The molecule has 0 aliphatic carbocycles. The minimum Gasteiger partial charge on any atom is -0.581 e. The number of nitrogens with zero attached hydrogens (tertiary/aromatic N) is 6. The first-order valence-corrected chi connectivity index (χ1v) is 33.6. The molecule has 12 aromatic rings. The smallest absolute Gasteiger partial charge is 0.371 e. The van der Waals surface area contributed by atoms with Gasteiger partial charge in [-0.25, -0.2) is 0 Å². The molecule has 0 bridgehead atoms. The summed E-state index contributed by atoms with van der Waals surface area (Å²) in [7, 11) is 11.2. The number of rotatable bonds is 16. The van der Waals surface area contributed by atoms with Crippen LogP contribution >= 0.6 is 15.9 Å². The molecule has 5 aromatic heterocycles. The fraction of sp³-hybridized carbons (Fsp3) is 0.224. The average molecular weight is 2330 g/mol. The maximum atomic E-state index is 14.0. The molecule has 543 valence electrons. The van der Waals surface area contributed by atoms with Crippen molar-refractivity contribution in [3.63, 3.8) is 0 Å². The summed E-state index contributed by atoms with van der Waals surface area (Å²) in [5.74, 6) is 1.27. The van der Waals surface area contributed by atoms with E-state index in [0.29, 0.717) is 48.5 Å². The summed E-state index contributed by atoms with van der Waals surface area (Å²) in [5.41, 5.74) is 17.6. The van der Waals surface area contributed by atoms with Gasteiger partial charge in [-0.3, -0.25) is 8.78 Å². The molecule has 2 atom stereocenters. The van der Waals surface area contributed by atoms with Crippen LogP contribution in [0.2, 0.25) is 0 Å². The summed E-state index contributed by atoms with van der Waals surface area (Å²) in [6, 6.07) is 76.8. The molecular weight excluding hydrogens is 2250 g/mol. The van der Waals surface area contributed by atoms with Gasteiger partial charge in [0.1, 0.15) is 0 Å². The zero-order valence-electron chi connectivity index (χ0n) is 59.9. The van der Waals surface area contributed by atoms with Crippen molar-refractivity contribution >= 4 is 42.6 Å². The molecule has 0 fully saturated rings. The summed E-state index contributed by atoms with van der Waals surface area (Å²) >= 11 is 3.48. The number of aryl methyl sites for hydroxylation is 8. The topological polar surface area (TPSA) is 116 Å². The Kier molecular flexibility index (Phi) is 40.1. The van der Waals surface area contributed by atoms with Crippen molar-refractivity contribution < 1.29 is 123 Å². The quantitative estimate of drug-likeness (QED) is 0.0689. The van der Waals surface area contributed by atoms with Crippen LogP contribution in [0.25, 0.3) is 78.2 Å². The zero-order valence-corrected chi connectivity index (χ0v) is 73.4. The summed E-state index contributed by atoms with van der Waals surface area (Å²) in [6.45, 7) is 25.4. The van der Waals surface area contributed by atoms with E-state index in [4.69, 9.17) is 35.3 Å². The van der Waals surface area contributed by atoms with Crippen molar-refractivity contribution in [1.82, 2.24) is 24.9 Å². The number of halogens is 3. The maximum Gasteiger partial charge on any atom is 0.371 e. The minimum absolute atomic E-state index is 0. The monoisotopic (exact) mass is 2330 g/mol. The molecular formula is C85H78B2BrF2Ir5N6O3-5. The van der Waals surface area contributed by atoms with Crippen LogP contribution in [0, 0.1) is 121 Å². The van der Waals surface area contributed by atoms with Gasteiger partial charge in [-0.2, -0.15) is 5.26 Å². The van der Waals surface area contributed by atoms with Crippen LogP contribution in [-0.4, -0.2) is 54.0 Å². The van der Waals surface area contributed by atoms with Crippen molar-refractivity contribution in [3.05, 3.63) is 285 Å². The fourth-order valence-electron chi connectivity index (χ4n) is 10.1. The largest absolute Gasteiger partial charge is 0.581 e. The van der Waals surface area contributed by atoms with E-state index in [-0.39, 0.29) is 112 Å². The number of nitriles is 1. The number of hydrogen-bond donors (Lipinski definition) is 0. The summed E-state index contributed by atoms with van der Waals surface area (Å²) in [5, 5.41) is 11.0. The standard InChI is InChI=1S/C29H35BNO2.C16H11BNO.C14H9F2N2.C13H11BrN.C13H12N.5Ir/c1-6-20(3)18-32-28-12-11-24(16-29(28)33-19-21(4)7-2)25-13-23(17-30)14-26(15-25)27-10-8-9-22(5)31-27;1-11-9-12-5-2-3-8-15(12)16(18-11)13-6-4-7-14(10-13)19-17;1-8-6-10(12-5-3-4-9(2)18-12)14(16)11(7-17)13(8)15;1-9-6-11(8-12(14)7-9)13-5-3-4-10(2)15-13;1-10-5-3-7-12(9-10)13-8-4-6-11(2)14-13;;;;;/h8-13,15-16,20-21H,6-7,17-19H2,1-5H3;2-9H,1H3;3-5H,1-2H3;3-5,7-8H,1-2H3;3-8H,1-2H3;;;;;/q5*-1;;;;;. The second-order valence-electron chi connectivity index (χ2n) is 24.2. The Balaban J connectivity index is 0.000000346. The van der Waals surface area contributed by atoms with E-state index < -0.39 is 17.2 Å². The number of hydrogen-bond acceptors (Lipinski definition) is 9. The molecule has 0 aliphatic heterocycles. The summed E-state index contributed by atoms with van der Waals surface area (Å²) < 4.78 is 45.7. The molecule has 104 heavy (non-hydrogen) atoms. The minimum atomic E-state index is -0.918. The van der Waals surface area contributed by atoms with Crippen LogP contribution in [-0.2, 0) is 107 Å². The van der Waals surface area contributed by atoms with Crippen molar-refractivity contribution in [3.8, 4) is 90.7 Å². The number of ether oxygens (including phenoxy) is 2. The Morgan fingerprint density at radius 2 is 1.00 bits per heavy atom. The first-order chi connectivity index (χ1) is 47.6. The first-order valence-electron chi connectivity index (χ1n) is 32.8. The van der Waals surface area contributed by atoms with Gasteiger partial charge in [0, 0.05) is 140 Å². The van der Waals surface area contributed by atoms with Gasteiger partial charge in [0.15, 0.2) is 11.5 Å². The Labute approximate surface area is 692 Å². The molecule has 0 N–H and O–H groups in total. The predicted octanol–water partition coefficient (Wildman–Crippen LogP) is 20.9. The van der Waals surface area contributed by atoms with Crippen molar-refractivity contribution in [1.29, 1.82) is 5.26 Å². The average Bonchev–Trinajstić information content (AvgIpc) is 0.798. The van der Waals surface area contributed by atoms with Crippen LogP contribution in [0.4, 0.5) is 8.78 Å². The summed E-state index contributed by atoms with van der Waals surface area (Å²) in [6.07, 6.45) is 2.57. The molecule has 7 aromatic carbocycles. The van der Waals surface area contributed by atoms with Crippen molar-refractivity contribution in [2.75, 3.05) is 13.2 Å². The Morgan fingerprint density at radius 3 is 1.55 bits per heavy atom.